The van der Waals surface area contributed by atoms with Gasteiger partial charge in [0.2, 0.25) is 5.69 Å². The van der Waals surface area contributed by atoms with Gasteiger partial charge >= 0.3 is 5.69 Å². The Morgan fingerprint density at radius 1 is 0.980 bits per heavy atom. The Labute approximate surface area is 281 Å². The Morgan fingerprint density at radius 2 is 1.76 bits per heavy atom. The van der Waals surface area contributed by atoms with Gasteiger partial charge < -0.3 is 24.4 Å². The van der Waals surface area contributed by atoms with Gasteiger partial charge in [-0.05, 0) is 74.7 Å². The van der Waals surface area contributed by atoms with Gasteiger partial charge in [0.25, 0.3) is 11.5 Å². The molecule has 0 unspecified atom stereocenters. The molecule has 0 atom stereocenters. The van der Waals surface area contributed by atoms with Crippen LogP contribution in [0.25, 0.3) is 16.6 Å². The number of hydrogen-bond acceptors (Lipinski definition) is 9. The molecule has 49 heavy (non-hydrogen) atoms. The summed E-state index contributed by atoms with van der Waals surface area (Å²) in [6, 6.07) is 17.3. The number of halogens is 1. The van der Waals surface area contributed by atoms with Crippen LogP contribution in [-0.2, 0) is 7.05 Å². The first-order chi connectivity index (χ1) is 23.7. The number of carbonyl (C=O) groups is 1. The fourth-order valence-corrected chi connectivity index (χ4v) is 5.67. The third-order valence-corrected chi connectivity index (χ3v) is 8.54. The molecular weight excluding hydrogens is 631 g/mol. The fourth-order valence-electron chi connectivity index (χ4n) is 5.67. The number of rotatable bonds is 11. The van der Waals surface area contributed by atoms with Crippen LogP contribution in [0.4, 0.5) is 10.1 Å². The normalized spacial score (nSPS) is 13.7. The largest absolute Gasteiger partial charge is 0.493 e. The third-order valence-electron chi connectivity index (χ3n) is 8.54. The second kappa shape index (κ2) is 14.7. The van der Waals surface area contributed by atoms with Gasteiger partial charge in [0, 0.05) is 43.0 Å². The number of nitrogens with one attached hydrogen (secondary N) is 1. The van der Waals surface area contributed by atoms with Crippen LogP contribution >= 0.6 is 0 Å². The van der Waals surface area contributed by atoms with Crippen molar-refractivity contribution >= 4 is 22.5 Å². The molecule has 0 radical (unpaired) electrons. The zero-order valence-electron chi connectivity index (χ0n) is 27.5. The summed E-state index contributed by atoms with van der Waals surface area (Å²) in [7, 11) is 2.80. The van der Waals surface area contributed by atoms with Crippen molar-refractivity contribution in [1.29, 1.82) is 0 Å². The number of fused-ring (bicyclic) bond motifs is 1. The fraction of sp³-hybridized carbons (Fsp3) is 0.306. The van der Waals surface area contributed by atoms with E-state index in [-0.39, 0.29) is 11.4 Å². The highest BCUT2D eigenvalue weighted by Crippen LogP contribution is 2.38. The summed E-state index contributed by atoms with van der Waals surface area (Å²) >= 11 is 0. The molecule has 6 rings (SSSR count). The number of anilines is 1. The minimum atomic E-state index is -0.912. The maximum atomic E-state index is 15.3. The number of amides is 1. The molecule has 0 spiro atoms. The number of ether oxygens (including phenoxy) is 3. The standard InChI is InChI=1S/C36H37FN6O6/c1-23-13-17-42(18-14-23)16-7-19-48-32-22-28-26(21-31(32)47-3)29(12-15-38-28)49-30-11-10-24(20-27(30)37)39-34(44)33-35(45)41(2)36(46)43(40-33)25-8-5-4-6-9-25/h4-6,8-12,15,20-23H,7,13-14,16-19H2,1-3H3,(H,39,44). The molecule has 1 aliphatic heterocycles. The number of likely N-dealkylation sites (tertiary alicyclic amines) is 1. The number of para-hydroxylation sites is 1. The SMILES string of the molecule is COc1cc2c(Oc3ccc(NC(=O)c4nn(-c5ccccc5)c(=O)n(C)c4=O)cc3F)ccnc2cc1OCCCN1CCC(C)CC1. The molecule has 13 heteroatoms. The van der Waals surface area contributed by atoms with Gasteiger partial charge in [0.1, 0.15) is 5.75 Å². The van der Waals surface area contributed by atoms with Crippen LogP contribution in [0.1, 0.15) is 36.7 Å². The van der Waals surface area contributed by atoms with Crippen molar-refractivity contribution in [3.8, 4) is 28.7 Å². The predicted octanol–water partition coefficient (Wildman–Crippen LogP) is 5.17. The zero-order chi connectivity index (χ0) is 34.5. The molecule has 1 amide bonds. The molecule has 1 fully saturated rings. The maximum absolute atomic E-state index is 15.3. The zero-order valence-corrected chi connectivity index (χ0v) is 27.5. The van der Waals surface area contributed by atoms with Gasteiger partial charge in [-0.15, -0.1) is 0 Å². The van der Waals surface area contributed by atoms with Crippen LogP contribution in [-0.4, -0.2) is 63.5 Å². The number of hydrogen-bond donors (Lipinski definition) is 1. The quantitative estimate of drug-likeness (QED) is 0.190. The Morgan fingerprint density at radius 3 is 2.49 bits per heavy atom. The lowest BCUT2D eigenvalue weighted by molar-refractivity contribution is 0.101. The maximum Gasteiger partial charge on any atom is 0.351 e. The summed E-state index contributed by atoms with van der Waals surface area (Å²) in [4.78, 5) is 45.4. The minimum absolute atomic E-state index is 0.0501. The van der Waals surface area contributed by atoms with Crippen molar-refractivity contribution in [3.05, 3.63) is 105 Å². The summed E-state index contributed by atoms with van der Waals surface area (Å²) < 4.78 is 34.7. The molecule has 3 heterocycles. The van der Waals surface area contributed by atoms with Gasteiger partial charge in [0.15, 0.2) is 23.1 Å². The van der Waals surface area contributed by atoms with E-state index in [9.17, 15) is 14.4 Å². The van der Waals surface area contributed by atoms with Crippen molar-refractivity contribution in [1.82, 2.24) is 24.2 Å². The van der Waals surface area contributed by atoms with E-state index in [1.165, 1.54) is 32.0 Å². The second-order valence-corrected chi connectivity index (χ2v) is 12.0. The molecule has 12 nitrogen and oxygen atoms in total. The summed E-state index contributed by atoms with van der Waals surface area (Å²) in [5.74, 6) is 0.386. The predicted molar refractivity (Wildman–Crippen MR) is 183 cm³/mol. The molecule has 1 aliphatic rings. The Bertz CT molecular complexity index is 2090. The Balaban J connectivity index is 1.15. The number of aromatic nitrogens is 4. The van der Waals surface area contributed by atoms with Gasteiger partial charge in [0.05, 0.1) is 24.9 Å². The van der Waals surface area contributed by atoms with E-state index in [2.05, 4.69) is 27.2 Å². The van der Waals surface area contributed by atoms with Gasteiger partial charge in [-0.1, -0.05) is 25.1 Å². The lowest BCUT2D eigenvalue weighted by Crippen LogP contribution is -2.43. The molecule has 1 N–H and O–H groups in total. The monoisotopic (exact) mass is 668 g/mol. The average Bonchev–Trinajstić information content (AvgIpc) is 3.11. The van der Waals surface area contributed by atoms with Crippen LogP contribution in [0.15, 0.2) is 82.5 Å². The average molecular weight is 669 g/mol. The molecule has 2 aromatic heterocycles. The van der Waals surface area contributed by atoms with Gasteiger partial charge in [-0.3, -0.25) is 19.1 Å². The van der Waals surface area contributed by atoms with Crippen molar-refractivity contribution in [2.75, 3.05) is 38.7 Å². The number of pyridine rings is 1. The first-order valence-electron chi connectivity index (χ1n) is 16.1. The van der Waals surface area contributed by atoms with E-state index < -0.39 is 28.7 Å². The van der Waals surface area contributed by atoms with Crippen LogP contribution in [0, 0.1) is 11.7 Å². The van der Waals surface area contributed by atoms with Crippen molar-refractivity contribution in [2.24, 2.45) is 13.0 Å². The summed E-state index contributed by atoms with van der Waals surface area (Å²) in [5, 5.41) is 7.06. The lowest BCUT2D eigenvalue weighted by Gasteiger charge is -2.30. The van der Waals surface area contributed by atoms with E-state index in [0.29, 0.717) is 40.4 Å². The summed E-state index contributed by atoms with van der Waals surface area (Å²) in [5.41, 5.74) is -1.15. The minimum Gasteiger partial charge on any atom is -0.493 e. The van der Waals surface area contributed by atoms with Crippen molar-refractivity contribution < 1.29 is 23.4 Å². The van der Waals surface area contributed by atoms with Crippen molar-refractivity contribution in [2.45, 2.75) is 26.2 Å². The number of carbonyl (C=O) groups excluding carboxylic acids is 1. The van der Waals surface area contributed by atoms with Crippen LogP contribution in [0.2, 0.25) is 0 Å². The van der Waals surface area contributed by atoms with E-state index in [1.807, 2.05) is 0 Å². The molecule has 254 valence electrons. The van der Waals surface area contributed by atoms with E-state index in [4.69, 9.17) is 14.2 Å². The lowest BCUT2D eigenvalue weighted by atomic mass is 9.99. The molecule has 0 aliphatic carbocycles. The van der Waals surface area contributed by atoms with E-state index >= 15 is 4.39 Å². The molecule has 3 aromatic carbocycles. The second-order valence-electron chi connectivity index (χ2n) is 12.0. The number of nitrogens with zero attached hydrogens (tertiary/aromatic N) is 5. The third kappa shape index (κ3) is 7.46. The van der Waals surface area contributed by atoms with Crippen LogP contribution in [0.5, 0.6) is 23.0 Å². The molecule has 0 bridgehead atoms. The highest BCUT2D eigenvalue weighted by molar-refractivity contribution is 6.02. The Kier molecular flexibility index (Phi) is 10.00. The first-order valence-corrected chi connectivity index (χ1v) is 16.1. The molecule has 1 saturated heterocycles. The van der Waals surface area contributed by atoms with Crippen LogP contribution in [0.3, 0.4) is 0 Å². The summed E-state index contributed by atoms with van der Waals surface area (Å²) in [6.07, 6.45) is 4.90. The number of piperidine rings is 1. The molecular formula is C36H37FN6O6. The van der Waals surface area contributed by atoms with E-state index in [1.54, 1.807) is 61.8 Å². The molecule has 0 saturated carbocycles. The first kappa shape index (κ1) is 33.3. The molecule has 5 aromatic rings. The topological polar surface area (TPSA) is 130 Å². The van der Waals surface area contributed by atoms with Gasteiger partial charge in [-0.25, -0.2) is 9.18 Å². The number of methoxy groups -OCH3 is 1. The van der Waals surface area contributed by atoms with Crippen molar-refractivity contribution in [3.63, 3.8) is 0 Å². The smallest absolute Gasteiger partial charge is 0.351 e. The highest BCUT2D eigenvalue weighted by Gasteiger charge is 2.20. The van der Waals surface area contributed by atoms with Crippen LogP contribution < -0.4 is 30.8 Å². The van der Waals surface area contributed by atoms with E-state index in [0.717, 1.165) is 47.3 Å². The highest BCUT2D eigenvalue weighted by atomic mass is 19.1. The van der Waals surface area contributed by atoms with Gasteiger partial charge in [-0.2, -0.15) is 9.78 Å². The number of benzene rings is 3. The summed E-state index contributed by atoms with van der Waals surface area (Å²) in [6.45, 7) is 6.05. The Hall–Kier alpha value is -5.56.